The smallest absolute Gasteiger partial charge is 0.163 e. The van der Waals surface area contributed by atoms with Crippen LogP contribution in [-0.4, -0.2) is 30.3 Å². The molecule has 2 rings (SSSR count). The van der Waals surface area contributed by atoms with Crippen molar-refractivity contribution in [2.75, 3.05) is 25.7 Å². The first-order chi connectivity index (χ1) is 9.16. The highest BCUT2D eigenvalue weighted by molar-refractivity contribution is 5.46. The Labute approximate surface area is 113 Å². The van der Waals surface area contributed by atoms with E-state index in [1.807, 2.05) is 6.92 Å². The van der Waals surface area contributed by atoms with Crippen molar-refractivity contribution in [3.63, 3.8) is 0 Å². The van der Waals surface area contributed by atoms with E-state index in [1.165, 1.54) is 0 Å². The van der Waals surface area contributed by atoms with Crippen LogP contribution in [0.4, 0.5) is 5.82 Å². The molecule has 0 aromatic carbocycles. The third-order valence-corrected chi connectivity index (χ3v) is 3.80. The number of rotatable bonds is 4. The van der Waals surface area contributed by atoms with Crippen LogP contribution >= 0.6 is 0 Å². The third kappa shape index (κ3) is 2.56. The van der Waals surface area contributed by atoms with E-state index in [0.29, 0.717) is 24.9 Å². The van der Waals surface area contributed by atoms with Crippen LogP contribution in [0.5, 0.6) is 0 Å². The van der Waals surface area contributed by atoms with Crippen molar-refractivity contribution in [3.05, 3.63) is 17.1 Å². The topological polar surface area (TPSA) is 82.3 Å². The molecule has 6 nitrogen and oxygen atoms in total. The third-order valence-electron chi connectivity index (χ3n) is 3.80. The summed E-state index contributed by atoms with van der Waals surface area (Å²) in [6, 6.07) is 0. The maximum atomic E-state index is 5.72. The van der Waals surface area contributed by atoms with E-state index in [-0.39, 0.29) is 0 Å². The molecule has 6 heteroatoms. The van der Waals surface area contributed by atoms with Crippen molar-refractivity contribution in [2.24, 2.45) is 5.84 Å². The molecule has 0 spiro atoms. The Bertz CT molecular complexity index is 445. The van der Waals surface area contributed by atoms with Gasteiger partial charge >= 0.3 is 0 Å². The van der Waals surface area contributed by atoms with E-state index in [2.05, 4.69) is 22.3 Å². The minimum Gasteiger partial charge on any atom is -0.381 e. The number of aromatic nitrogens is 2. The number of hydrazine groups is 1. The predicted octanol–water partition coefficient (Wildman–Crippen LogP) is 1.29. The Morgan fingerprint density at radius 3 is 2.58 bits per heavy atom. The molecule has 106 valence electrons. The molecule has 0 saturated carbocycles. The molecular weight excluding hydrogens is 244 g/mol. The molecule has 0 amide bonds. The summed E-state index contributed by atoms with van der Waals surface area (Å²) in [5.74, 6) is 6.96. The molecule has 0 unspecified atom stereocenters. The minimum atomic E-state index is -0.457. The normalized spacial score (nSPS) is 18.3. The molecule has 0 radical (unpaired) electrons. The summed E-state index contributed by atoms with van der Waals surface area (Å²) in [6.45, 7) is 5.37. The summed E-state index contributed by atoms with van der Waals surface area (Å²) in [7, 11) is 1.70. The van der Waals surface area contributed by atoms with E-state index < -0.39 is 5.60 Å². The maximum Gasteiger partial charge on any atom is 0.163 e. The molecule has 0 aliphatic carbocycles. The van der Waals surface area contributed by atoms with Gasteiger partial charge in [0.15, 0.2) is 5.82 Å². The van der Waals surface area contributed by atoms with E-state index in [0.717, 1.165) is 30.5 Å². The average molecular weight is 266 g/mol. The van der Waals surface area contributed by atoms with Crippen LogP contribution < -0.4 is 11.3 Å². The van der Waals surface area contributed by atoms with Crippen LogP contribution in [0.1, 0.15) is 36.8 Å². The first-order valence-corrected chi connectivity index (χ1v) is 6.64. The molecular formula is C13H22N4O2. The Morgan fingerprint density at radius 2 is 2.05 bits per heavy atom. The fraction of sp³-hybridized carbons (Fsp3) is 0.692. The zero-order valence-electron chi connectivity index (χ0n) is 11.8. The number of nitrogens with zero attached hydrogens (tertiary/aromatic N) is 2. The number of hydrogen-bond donors (Lipinski definition) is 2. The predicted molar refractivity (Wildman–Crippen MR) is 72.7 cm³/mol. The molecule has 1 aliphatic rings. The molecule has 1 saturated heterocycles. The van der Waals surface area contributed by atoms with Crippen LogP contribution in [0.2, 0.25) is 0 Å². The zero-order valence-corrected chi connectivity index (χ0v) is 11.8. The fourth-order valence-electron chi connectivity index (χ4n) is 2.56. The van der Waals surface area contributed by atoms with Crippen LogP contribution in [-0.2, 0) is 21.5 Å². The van der Waals surface area contributed by atoms with Crippen molar-refractivity contribution >= 4 is 5.82 Å². The molecule has 1 aliphatic heterocycles. The van der Waals surface area contributed by atoms with Crippen LogP contribution in [0.25, 0.3) is 0 Å². The lowest BCUT2D eigenvalue weighted by molar-refractivity contribution is -0.1000. The summed E-state index contributed by atoms with van der Waals surface area (Å²) in [5, 5.41) is 0. The standard InChI is InChI=1S/C13H22N4O2/c1-4-10-9(2)15-12(16-11(10)17-14)13(18-3)5-7-19-8-6-13/h4-8,14H2,1-3H3,(H,15,16,17). The zero-order chi connectivity index (χ0) is 13.9. The lowest BCUT2D eigenvalue weighted by Gasteiger charge is -2.34. The molecule has 0 atom stereocenters. The number of nitrogens with one attached hydrogen (secondary N) is 1. The Kier molecular flexibility index (Phi) is 4.34. The molecule has 3 N–H and O–H groups in total. The van der Waals surface area contributed by atoms with Crippen molar-refractivity contribution in [2.45, 2.75) is 38.7 Å². The highest BCUT2D eigenvalue weighted by Crippen LogP contribution is 2.34. The average Bonchev–Trinajstić information content (AvgIpc) is 2.47. The van der Waals surface area contributed by atoms with E-state index in [9.17, 15) is 0 Å². The van der Waals surface area contributed by atoms with Gasteiger partial charge < -0.3 is 14.9 Å². The van der Waals surface area contributed by atoms with Crippen LogP contribution in [0.3, 0.4) is 0 Å². The summed E-state index contributed by atoms with van der Waals surface area (Å²) in [5.41, 5.74) is 4.21. The number of anilines is 1. The van der Waals surface area contributed by atoms with Gasteiger partial charge in [0.25, 0.3) is 0 Å². The van der Waals surface area contributed by atoms with Gasteiger partial charge in [-0.2, -0.15) is 0 Å². The van der Waals surface area contributed by atoms with Crippen LogP contribution in [0.15, 0.2) is 0 Å². The first kappa shape index (κ1) is 14.2. The van der Waals surface area contributed by atoms with E-state index >= 15 is 0 Å². The summed E-state index contributed by atoms with van der Waals surface area (Å²) in [6.07, 6.45) is 2.37. The Morgan fingerprint density at radius 1 is 1.37 bits per heavy atom. The van der Waals surface area contributed by atoms with Gasteiger partial charge in [-0.3, -0.25) is 0 Å². The van der Waals surface area contributed by atoms with Gasteiger partial charge in [-0.15, -0.1) is 0 Å². The minimum absolute atomic E-state index is 0.457. The van der Waals surface area contributed by atoms with Gasteiger partial charge in [0.2, 0.25) is 0 Å². The number of methoxy groups -OCH3 is 1. The summed E-state index contributed by atoms with van der Waals surface area (Å²) in [4.78, 5) is 9.19. The Balaban J connectivity index is 2.46. The second-order valence-corrected chi connectivity index (χ2v) is 4.77. The number of ether oxygens (including phenoxy) is 2. The SMILES string of the molecule is CCc1c(C)nc(C2(OC)CCOCC2)nc1NN. The lowest BCUT2D eigenvalue weighted by atomic mass is 9.92. The molecule has 1 aromatic heterocycles. The van der Waals surface area contributed by atoms with Crippen LogP contribution in [0, 0.1) is 6.92 Å². The van der Waals surface area contributed by atoms with Gasteiger partial charge in [0.05, 0.1) is 0 Å². The van der Waals surface area contributed by atoms with Gasteiger partial charge in [-0.1, -0.05) is 6.92 Å². The summed E-state index contributed by atoms with van der Waals surface area (Å²) < 4.78 is 11.1. The van der Waals surface area contributed by atoms with Crippen molar-refractivity contribution in [1.29, 1.82) is 0 Å². The van der Waals surface area contributed by atoms with Crippen molar-refractivity contribution < 1.29 is 9.47 Å². The largest absolute Gasteiger partial charge is 0.381 e. The number of nitrogen functional groups attached to an aromatic ring is 1. The molecule has 1 fully saturated rings. The molecule has 1 aromatic rings. The molecule has 0 bridgehead atoms. The Hall–Kier alpha value is -1.24. The van der Waals surface area contributed by atoms with Crippen molar-refractivity contribution in [1.82, 2.24) is 9.97 Å². The van der Waals surface area contributed by atoms with Gasteiger partial charge in [-0.25, -0.2) is 15.8 Å². The van der Waals surface area contributed by atoms with E-state index in [4.69, 9.17) is 15.3 Å². The van der Waals surface area contributed by atoms with Gasteiger partial charge in [-0.05, 0) is 13.3 Å². The summed E-state index contributed by atoms with van der Waals surface area (Å²) >= 11 is 0. The molecule has 2 heterocycles. The number of nitrogens with two attached hydrogens (primary N) is 1. The molecule has 19 heavy (non-hydrogen) atoms. The second-order valence-electron chi connectivity index (χ2n) is 4.77. The monoisotopic (exact) mass is 266 g/mol. The number of hydrogen-bond acceptors (Lipinski definition) is 6. The van der Waals surface area contributed by atoms with Crippen molar-refractivity contribution in [3.8, 4) is 0 Å². The van der Waals surface area contributed by atoms with Gasteiger partial charge in [0.1, 0.15) is 11.4 Å². The lowest BCUT2D eigenvalue weighted by Crippen LogP contribution is -2.38. The first-order valence-electron chi connectivity index (χ1n) is 6.64. The second kappa shape index (κ2) is 5.81. The maximum absolute atomic E-state index is 5.72. The number of aryl methyl sites for hydroxylation is 1. The van der Waals surface area contributed by atoms with Gasteiger partial charge in [0, 0.05) is 44.4 Å². The fourth-order valence-corrected chi connectivity index (χ4v) is 2.56. The quantitative estimate of drug-likeness (QED) is 0.631. The highest BCUT2D eigenvalue weighted by atomic mass is 16.5. The van der Waals surface area contributed by atoms with E-state index in [1.54, 1.807) is 7.11 Å². The highest BCUT2D eigenvalue weighted by Gasteiger charge is 2.38.